The van der Waals surface area contributed by atoms with E-state index in [0.29, 0.717) is 10.6 Å². The molecule has 0 N–H and O–H groups in total. The van der Waals surface area contributed by atoms with Gasteiger partial charge >= 0.3 is 0 Å². The molecule has 0 bridgehead atoms. The molecule has 1 aromatic carbocycles. The van der Waals surface area contributed by atoms with E-state index < -0.39 is 0 Å². The van der Waals surface area contributed by atoms with Crippen LogP contribution >= 0.6 is 11.6 Å². The maximum atomic E-state index is 8.67. The second kappa shape index (κ2) is 4.88. The van der Waals surface area contributed by atoms with Gasteiger partial charge < -0.3 is 4.90 Å². The predicted molar refractivity (Wildman–Crippen MR) is 59.7 cm³/mol. The highest BCUT2D eigenvalue weighted by Crippen LogP contribution is 2.25. The maximum Gasteiger partial charge on any atom is 0.0992 e. The summed E-state index contributed by atoms with van der Waals surface area (Å²) < 4.78 is 0. The largest absolute Gasteiger partial charge is 0.373 e. The molecule has 0 fully saturated rings. The molecule has 0 unspecified atom stereocenters. The van der Waals surface area contributed by atoms with Gasteiger partial charge in [0.1, 0.15) is 0 Å². The van der Waals surface area contributed by atoms with E-state index in [0.717, 1.165) is 18.7 Å². The summed E-state index contributed by atoms with van der Waals surface area (Å²) in [4.78, 5) is 2.09. The highest BCUT2D eigenvalue weighted by molar-refractivity contribution is 6.33. The Bertz CT molecular complexity index is 355. The molecule has 0 saturated carbocycles. The number of nitrogens with zero attached hydrogens (tertiary/aromatic N) is 2. The van der Waals surface area contributed by atoms with Crippen molar-refractivity contribution in [2.75, 3.05) is 18.5 Å². The van der Waals surface area contributed by atoms with Crippen molar-refractivity contribution in [1.29, 1.82) is 5.26 Å². The molecule has 0 aliphatic heterocycles. The number of nitriles is 1. The van der Waals surface area contributed by atoms with Crippen LogP contribution in [0.1, 0.15) is 18.9 Å². The molecule has 2 nitrogen and oxygen atoms in total. The standard InChI is InChI=1S/C11H13ClN2/c1-3-6-14(2)11-5-4-9(8-13)7-10(11)12/h4-5,7H,3,6H2,1-2H3. The minimum Gasteiger partial charge on any atom is -0.373 e. The van der Waals surface area contributed by atoms with Crippen LogP contribution in [0.15, 0.2) is 18.2 Å². The lowest BCUT2D eigenvalue weighted by Gasteiger charge is -2.19. The van der Waals surface area contributed by atoms with E-state index in [9.17, 15) is 0 Å². The molecule has 74 valence electrons. The first kappa shape index (κ1) is 10.9. The molecule has 1 aromatic rings. The first-order chi connectivity index (χ1) is 6.69. The van der Waals surface area contributed by atoms with Crippen LogP contribution in [-0.2, 0) is 0 Å². The lowest BCUT2D eigenvalue weighted by Crippen LogP contribution is -2.17. The average molecular weight is 209 g/mol. The second-order valence-corrected chi connectivity index (χ2v) is 3.61. The Morgan fingerprint density at radius 1 is 1.50 bits per heavy atom. The second-order valence-electron chi connectivity index (χ2n) is 3.20. The van der Waals surface area contributed by atoms with Crippen LogP contribution in [0.4, 0.5) is 5.69 Å². The Balaban J connectivity index is 2.95. The van der Waals surface area contributed by atoms with E-state index in [2.05, 4.69) is 17.9 Å². The highest BCUT2D eigenvalue weighted by atomic mass is 35.5. The fourth-order valence-electron chi connectivity index (χ4n) is 1.34. The molecule has 3 heteroatoms. The van der Waals surface area contributed by atoms with Crippen molar-refractivity contribution in [2.45, 2.75) is 13.3 Å². The first-order valence-corrected chi connectivity index (χ1v) is 4.97. The van der Waals surface area contributed by atoms with Crippen LogP contribution in [0, 0.1) is 11.3 Å². The molecule has 0 aliphatic carbocycles. The smallest absolute Gasteiger partial charge is 0.0992 e. The fraction of sp³-hybridized carbons (Fsp3) is 0.364. The van der Waals surface area contributed by atoms with Crippen molar-refractivity contribution in [3.63, 3.8) is 0 Å². The van der Waals surface area contributed by atoms with Gasteiger partial charge in [-0.2, -0.15) is 5.26 Å². The van der Waals surface area contributed by atoms with Crippen LogP contribution in [-0.4, -0.2) is 13.6 Å². The summed E-state index contributed by atoms with van der Waals surface area (Å²) in [5.41, 5.74) is 1.58. The quantitative estimate of drug-likeness (QED) is 0.764. The number of hydrogen-bond acceptors (Lipinski definition) is 2. The normalized spacial score (nSPS) is 9.57. The van der Waals surface area contributed by atoms with Gasteiger partial charge in [0, 0.05) is 13.6 Å². The van der Waals surface area contributed by atoms with Crippen molar-refractivity contribution < 1.29 is 0 Å². The summed E-state index contributed by atoms with van der Waals surface area (Å²) in [6.07, 6.45) is 1.08. The molecule has 0 heterocycles. The van der Waals surface area contributed by atoms with Gasteiger partial charge in [-0.1, -0.05) is 18.5 Å². The Hall–Kier alpha value is -1.20. The monoisotopic (exact) mass is 208 g/mol. The number of hydrogen-bond donors (Lipinski definition) is 0. The molecule has 0 atom stereocenters. The van der Waals surface area contributed by atoms with Crippen molar-refractivity contribution in [2.24, 2.45) is 0 Å². The van der Waals surface area contributed by atoms with Gasteiger partial charge in [-0.05, 0) is 24.6 Å². The van der Waals surface area contributed by atoms with Crippen LogP contribution < -0.4 is 4.90 Å². The lowest BCUT2D eigenvalue weighted by molar-refractivity contribution is 0.852. The molecular formula is C11H13ClN2. The molecule has 0 aliphatic rings. The predicted octanol–water partition coefficient (Wildman–Crippen LogP) is 3.06. The van der Waals surface area contributed by atoms with Crippen LogP contribution in [0.25, 0.3) is 0 Å². The molecule has 0 amide bonds. The third-order valence-corrected chi connectivity index (χ3v) is 2.35. The maximum absolute atomic E-state index is 8.67. The highest BCUT2D eigenvalue weighted by Gasteiger charge is 2.05. The fourth-order valence-corrected chi connectivity index (χ4v) is 1.67. The Morgan fingerprint density at radius 3 is 2.71 bits per heavy atom. The number of rotatable bonds is 3. The van der Waals surface area contributed by atoms with Crippen molar-refractivity contribution in [1.82, 2.24) is 0 Å². The van der Waals surface area contributed by atoms with E-state index in [1.807, 2.05) is 13.1 Å². The molecule has 0 radical (unpaired) electrons. The van der Waals surface area contributed by atoms with E-state index in [-0.39, 0.29) is 0 Å². The zero-order chi connectivity index (χ0) is 10.6. The van der Waals surface area contributed by atoms with Gasteiger partial charge in [-0.25, -0.2) is 0 Å². The molecule has 0 aromatic heterocycles. The van der Waals surface area contributed by atoms with E-state index in [1.54, 1.807) is 12.1 Å². The number of benzene rings is 1. The Labute approximate surface area is 89.7 Å². The van der Waals surface area contributed by atoms with Gasteiger partial charge in [0.25, 0.3) is 0 Å². The van der Waals surface area contributed by atoms with Crippen LogP contribution in [0.2, 0.25) is 5.02 Å². The number of anilines is 1. The van der Waals surface area contributed by atoms with Crippen molar-refractivity contribution in [3.8, 4) is 6.07 Å². The SMILES string of the molecule is CCCN(C)c1ccc(C#N)cc1Cl. The minimum absolute atomic E-state index is 0.601. The summed E-state index contributed by atoms with van der Waals surface area (Å²) >= 11 is 6.05. The third-order valence-electron chi connectivity index (χ3n) is 2.05. The molecule has 0 saturated heterocycles. The summed E-state index contributed by atoms with van der Waals surface area (Å²) in [6, 6.07) is 7.43. The zero-order valence-electron chi connectivity index (χ0n) is 8.42. The topological polar surface area (TPSA) is 27.0 Å². The molecule has 0 spiro atoms. The van der Waals surface area contributed by atoms with E-state index in [4.69, 9.17) is 16.9 Å². The lowest BCUT2D eigenvalue weighted by atomic mass is 10.2. The van der Waals surface area contributed by atoms with Crippen LogP contribution in [0.3, 0.4) is 0 Å². The molecule has 1 rings (SSSR count). The Morgan fingerprint density at radius 2 is 2.21 bits per heavy atom. The van der Waals surface area contributed by atoms with Gasteiger partial charge in [-0.15, -0.1) is 0 Å². The summed E-state index contributed by atoms with van der Waals surface area (Å²) in [5, 5.41) is 9.31. The summed E-state index contributed by atoms with van der Waals surface area (Å²) in [7, 11) is 2.00. The minimum atomic E-state index is 0.601. The van der Waals surface area contributed by atoms with Gasteiger partial charge in [0.2, 0.25) is 0 Å². The van der Waals surface area contributed by atoms with Gasteiger partial charge in [0.15, 0.2) is 0 Å². The summed E-state index contributed by atoms with van der Waals surface area (Å²) in [6.45, 7) is 3.08. The molecule has 14 heavy (non-hydrogen) atoms. The van der Waals surface area contributed by atoms with Crippen molar-refractivity contribution in [3.05, 3.63) is 28.8 Å². The average Bonchev–Trinajstić information content (AvgIpc) is 2.17. The van der Waals surface area contributed by atoms with Gasteiger partial charge in [0.05, 0.1) is 22.3 Å². The first-order valence-electron chi connectivity index (χ1n) is 4.59. The van der Waals surface area contributed by atoms with Gasteiger partial charge in [-0.3, -0.25) is 0 Å². The molecular weight excluding hydrogens is 196 g/mol. The van der Waals surface area contributed by atoms with Crippen molar-refractivity contribution >= 4 is 17.3 Å². The number of halogens is 1. The zero-order valence-corrected chi connectivity index (χ0v) is 9.17. The third kappa shape index (κ3) is 2.40. The van der Waals surface area contributed by atoms with E-state index in [1.165, 1.54) is 0 Å². The summed E-state index contributed by atoms with van der Waals surface area (Å²) in [5.74, 6) is 0. The van der Waals surface area contributed by atoms with Crippen LogP contribution in [0.5, 0.6) is 0 Å². The Kier molecular flexibility index (Phi) is 3.79. The van der Waals surface area contributed by atoms with E-state index >= 15 is 0 Å².